The molecule has 2 aliphatic rings. The summed E-state index contributed by atoms with van der Waals surface area (Å²) in [5.41, 5.74) is 6.48. The maximum Gasteiger partial charge on any atom is 0.319 e. The van der Waals surface area contributed by atoms with Gasteiger partial charge in [-0.15, -0.1) is 0 Å². The van der Waals surface area contributed by atoms with E-state index in [0.29, 0.717) is 21.3 Å². The lowest BCUT2D eigenvalue weighted by molar-refractivity contribution is 0.0709. The van der Waals surface area contributed by atoms with Gasteiger partial charge in [0, 0.05) is 48.8 Å². The molecule has 5 rings (SSSR count). The highest BCUT2D eigenvalue weighted by Gasteiger charge is 2.29. The van der Waals surface area contributed by atoms with E-state index in [0.717, 1.165) is 61.3 Å². The average molecular weight is 567 g/mol. The molecule has 204 valence electrons. The number of fused-ring (bicyclic) bond motifs is 1. The van der Waals surface area contributed by atoms with Gasteiger partial charge in [0.15, 0.2) is 0 Å². The van der Waals surface area contributed by atoms with Crippen LogP contribution in [-0.2, 0) is 6.42 Å². The summed E-state index contributed by atoms with van der Waals surface area (Å²) in [5, 5.41) is 6.49. The van der Waals surface area contributed by atoms with Gasteiger partial charge in [-0.2, -0.15) is 0 Å². The zero-order chi connectivity index (χ0) is 27.7. The van der Waals surface area contributed by atoms with Crippen LogP contribution < -0.4 is 15.5 Å². The van der Waals surface area contributed by atoms with E-state index >= 15 is 0 Å². The molecule has 3 aromatic rings. The molecule has 9 heteroatoms. The minimum Gasteiger partial charge on any atom is -0.371 e. The summed E-state index contributed by atoms with van der Waals surface area (Å²) < 4.78 is 0. The van der Waals surface area contributed by atoms with E-state index in [-0.39, 0.29) is 24.0 Å². The van der Waals surface area contributed by atoms with E-state index in [1.165, 1.54) is 5.69 Å². The number of pyridine rings is 1. The first kappa shape index (κ1) is 27.3. The molecular formula is C30H33Cl2N5O2. The largest absolute Gasteiger partial charge is 0.371 e. The molecule has 1 atom stereocenters. The van der Waals surface area contributed by atoms with Crippen LogP contribution in [0.5, 0.6) is 0 Å². The Morgan fingerprint density at radius 1 is 1.00 bits per heavy atom. The highest BCUT2D eigenvalue weighted by Crippen LogP contribution is 2.34. The van der Waals surface area contributed by atoms with E-state index < -0.39 is 0 Å². The number of amides is 3. The summed E-state index contributed by atoms with van der Waals surface area (Å²) >= 11 is 12.3. The van der Waals surface area contributed by atoms with Crippen LogP contribution in [0.4, 0.5) is 16.2 Å². The van der Waals surface area contributed by atoms with Crippen LogP contribution in [0.15, 0.2) is 48.5 Å². The third-order valence-electron chi connectivity index (χ3n) is 7.74. The fourth-order valence-electron chi connectivity index (χ4n) is 5.68. The molecule has 1 unspecified atom stereocenters. The number of nitrogens with one attached hydrogen (secondary N) is 2. The van der Waals surface area contributed by atoms with E-state index in [1.807, 2.05) is 44.0 Å². The molecule has 39 heavy (non-hydrogen) atoms. The third-order valence-corrected chi connectivity index (χ3v) is 8.56. The first-order chi connectivity index (χ1) is 18.7. The molecule has 1 aliphatic carbocycles. The minimum absolute atomic E-state index is 0.00709. The smallest absolute Gasteiger partial charge is 0.319 e. The fraction of sp³-hybridized carbons (Fsp3) is 0.367. The Morgan fingerprint density at radius 2 is 1.72 bits per heavy atom. The summed E-state index contributed by atoms with van der Waals surface area (Å²) in [7, 11) is 1.90. The average Bonchev–Trinajstić information content (AvgIpc) is 3.31. The molecule has 0 spiro atoms. The molecule has 0 bridgehead atoms. The zero-order valence-electron chi connectivity index (χ0n) is 22.4. The predicted octanol–water partition coefficient (Wildman–Crippen LogP) is 6.56. The van der Waals surface area contributed by atoms with Crippen molar-refractivity contribution in [2.24, 2.45) is 0 Å². The number of nitrogens with zero attached hydrogens (tertiary/aromatic N) is 3. The number of benzene rings is 2. The summed E-state index contributed by atoms with van der Waals surface area (Å²) in [5.74, 6) is 0.00709. The Bertz CT molecular complexity index is 1380. The number of aryl methyl sites for hydroxylation is 3. The third kappa shape index (κ3) is 5.99. The van der Waals surface area contributed by atoms with Gasteiger partial charge < -0.3 is 20.4 Å². The second-order valence-electron chi connectivity index (χ2n) is 10.4. The maximum atomic E-state index is 13.5. The van der Waals surface area contributed by atoms with Crippen molar-refractivity contribution < 1.29 is 9.59 Å². The summed E-state index contributed by atoms with van der Waals surface area (Å²) in [4.78, 5) is 35.0. The van der Waals surface area contributed by atoms with E-state index in [2.05, 4.69) is 32.7 Å². The molecule has 0 saturated carbocycles. The summed E-state index contributed by atoms with van der Waals surface area (Å²) in [6.07, 6.45) is 3.43. The van der Waals surface area contributed by atoms with Gasteiger partial charge in [-0.05, 0) is 87.1 Å². The monoisotopic (exact) mass is 565 g/mol. The number of carbonyl (C=O) groups excluding carboxylic acids is 2. The molecule has 2 aromatic carbocycles. The molecule has 1 fully saturated rings. The van der Waals surface area contributed by atoms with E-state index in [1.54, 1.807) is 18.2 Å². The lowest BCUT2D eigenvalue weighted by atomic mass is 10.00. The van der Waals surface area contributed by atoms with Crippen molar-refractivity contribution in [1.82, 2.24) is 15.2 Å². The highest BCUT2D eigenvalue weighted by atomic mass is 35.5. The maximum absolute atomic E-state index is 13.5. The van der Waals surface area contributed by atoms with Crippen LogP contribution in [0.25, 0.3) is 0 Å². The summed E-state index contributed by atoms with van der Waals surface area (Å²) in [6.45, 7) is 5.83. The second kappa shape index (κ2) is 11.4. The van der Waals surface area contributed by atoms with Crippen molar-refractivity contribution in [2.45, 2.75) is 51.6 Å². The Morgan fingerprint density at radius 3 is 2.44 bits per heavy atom. The highest BCUT2D eigenvalue weighted by molar-refractivity contribution is 6.43. The Labute approximate surface area is 239 Å². The molecule has 2 heterocycles. The lowest BCUT2D eigenvalue weighted by Crippen LogP contribution is -2.45. The van der Waals surface area contributed by atoms with Gasteiger partial charge in [-0.1, -0.05) is 35.3 Å². The number of urea groups is 1. The van der Waals surface area contributed by atoms with Gasteiger partial charge in [-0.3, -0.25) is 9.78 Å². The Kier molecular flexibility index (Phi) is 8.01. The van der Waals surface area contributed by atoms with Crippen molar-refractivity contribution in [1.29, 1.82) is 0 Å². The van der Waals surface area contributed by atoms with Crippen LogP contribution in [0, 0.1) is 13.8 Å². The molecular weight excluding hydrogens is 533 g/mol. The molecule has 0 radical (unpaired) electrons. The van der Waals surface area contributed by atoms with E-state index in [9.17, 15) is 9.59 Å². The zero-order valence-corrected chi connectivity index (χ0v) is 23.9. The van der Waals surface area contributed by atoms with Gasteiger partial charge in [-0.25, -0.2) is 4.79 Å². The molecule has 2 N–H and O–H groups in total. The topological polar surface area (TPSA) is 77.6 Å². The molecule has 1 saturated heterocycles. The van der Waals surface area contributed by atoms with Gasteiger partial charge in [0.2, 0.25) is 0 Å². The van der Waals surface area contributed by atoms with Crippen molar-refractivity contribution >= 4 is 46.5 Å². The number of anilines is 2. The van der Waals surface area contributed by atoms with Crippen molar-refractivity contribution in [3.63, 3.8) is 0 Å². The lowest BCUT2D eigenvalue weighted by Gasteiger charge is -2.38. The molecule has 1 aromatic heterocycles. The summed E-state index contributed by atoms with van der Waals surface area (Å²) in [6, 6.07) is 14.8. The first-order valence-electron chi connectivity index (χ1n) is 13.3. The van der Waals surface area contributed by atoms with Crippen LogP contribution in [-0.4, -0.2) is 48.0 Å². The van der Waals surface area contributed by atoms with Crippen molar-refractivity contribution in [2.75, 3.05) is 30.4 Å². The van der Waals surface area contributed by atoms with Crippen LogP contribution in [0.2, 0.25) is 10.0 Å². The van der Waals surface area contributed by atoms with Crippen LogP contribution in [0.3, 0.4) is 0 Å². The second-order valence-corrected chi connectivity index (χ2v) is 11.2. The predicted molar refractivity (Wildman–Crippen MR) is 157 cm³/mol. The van der Waals surface area contributed by atoms with Crippen molar-refractivity contribution in [3.05, 3.63) is 86.7 Å². The van der Waals surface area contributed by atoms with Gasteiger partial charge in [0.1, 0.15) is 0 Å². The van der Waals surface area contributed by atoms with Gasteiger partial charge in [0.25, 0.3) is 5.91 Å². The van der Waals surface area contributed by atoms with Gasteiger partial charge >= 0.3 is 6.03 Å². The molecule has 1 aliphatic heterocycles. The normalized spacial score (nSPS) is 17.1. The Balaban J connectivity index is 1.22. The number of aromatic nitrogens is 1. The number of hydrogen-bond donors (Lipinski definition) is 2. The van der Waals surface area contributed by atoms with Gasteiger partial charge in [0.05, 0.1) is 21.8 Å². The SMILES string of the molecule is Cc1cc(N2CCC(N(C)C(=O)c3ccc4c(c3)C(NC(=O)Nc3cccc(Cl)c3Cl)CC4)CC2)cc(C)n1. The quantitative estimate of drug-likeness (QED) is 0.367. The Hall–Kier alpha value is -3.29. The van der Waals surface area contributed by atoms with E-state index in [4.69, 9.17) is 23.2 Å². The van der Waals surface area contributed by atoms with Crippen molar-refractivity contribution in [3.8, 4) is 0 Å². The standard InChI is InChI=1S/C30H33Cl2N5O2/c1-18-15-23(16-19(2)33-18)37-13-11-22(12-14-37)36(3)29(38)21-8-7-20-9-10-26(24(20)17-21)34-30(39)35-27-6-4-5-25(31)28(27)32/h4-8,15-17,22,26H,9-14H2,1-3H3,(H2,34,35,39). The number of halogens is 2. The first-order valence-corrected chi connectivity index (χ1v) is 14.1. The number of piperidine rings is 1. The minimum atomic E-state index is -0.364. The number of rotatable bonds is 5. The fourth-order valence-corrected chi connectivity index (χ4v) is 6.03. The molecule has 7 nitrogen and oxygen atoms in total. The molecule has 3 amide bonds. The number of hydrogen-bond acceptors (Lipinski definition) is 4. The number of carbonyl (C=O) groups is 2. The van der Waals surface area contributed by atoms with Crippen LogP contribution >= 0.6 is 23.2 Å². The van der Waals surface area contributed by atoms with Crippen LogP contribution in [0.1, 0.15) is 58.2 Å².